The van der Waals surface area contributed by atoms with Crippen molar-refractivity contribution in [2.24, 2.45) is 5.92 Å². The Kier molecular flexibility index (Phi) is 2.81. The second-order valence-corrected chi connectivity index (χ2v) is 5.30. The smallest absolute Gasteiger partial charge is 0.124 e. The highest BCUT2D eigenvalue weighted by Gasteiger charge is 2.22. The fourth-order valence-electron chi connectivity index (χ4n) is 2.50. The second kappa shape index (κ2) is 4.31. The lowest BCUT2D eigenvalue weighted by atomic mass is 9.94. The number of fused-ring (bicyclic) bond motifs is 1. The Balaban J connectivity index is 1.97. The first-order valence-corrected chi connectivity index (χ1v) is 6.49. The molecule has 0 amide bonds. The molecule has 0 radical (unpaired) electrons. The van der Waals surface area contributed by atoms with Crippen molar-refractivity contribution in [2.45, 2.75) is 25.8 Å². The summed E-state index contributed by atoms with van der Waals surface area (Å²) in [6, 6.07) is 6.18. The van der Waals surface area contributed by atoms with Crippen molar-refractivity contribution in [3.63, 3.8) is 0 Å². The minimum Gasteiger partial charge on any atom is -0.341 e. The molecule has 4 heteroatoms. The summed E-state index contributed by atoms with van der Waals surface area (Å²) in [5.74, 6) is 1.77. The van der Waals surface area contributed by atoms with E-state index >= 15 is 0 Å². The van der Waals surface area contributed by atoms with Crippen LogP contribution in [0.25, 0.3) is 11.0 Å². The van der Waals surface area contributed by atoms with E-state index in [0.717, 1.165) is 35.7 Å². The van der Waals surface area contributed by atoms with E-state index in [0.29, 0.717) is 11.1 Å². The maximum absolute atomic E-state index is 6.14. The molecule has 90 valence electrons. The summed E-state index contributed by atoms with van der Waals surface area (Å²) < 4.78 is 0. The molecule has 3 rings (SSSR count). The summed E-state index contributed by atoms with van der Waals surface area (Å²) in [7, 11) is 0. The minimum atomic E-state index is 0.335. The van der Waals surface area contributed by atoms with Gasteiger partial charge in [0.1, 0.15) is 11.3 Å². The fraction of sp³-hybridized carbons (Fsp3) is 0.462. The zero-order chi connectivity index (χ0) is 11.8. The molecule has 2 unspecified atom stereocenters. The Morgan fingerprint density at radius 1 is 1.41 bits per heavy atom. The highest BCUT2D eigenvalue weighted by atomic mass is 35.5. The van der Waals surface area contributed by atoms with Crippen LogP contribution in [0.3, 0.4) is 0 Å². The third-order valence-electron chi connectivity index (χ3n) is 3.48. The number of halogens is 1. The topological polar surface area (TPSA) is 40.7 Å². The van der Waals surface area contributed by atoms with Crippen LogP contribution in [0.5, 0.6) is 0 Å². The molecule has 2 heterocycles. The molecule has 1 saturated heterocycles. The molecule has 0 aliphatic carbocycles. The summed E-state index contributed by atoms with van der Waals surface area (Å²) in [5.41, 5.74) is 1.90. The van der Waals surface area contributed by atoms with E-state index in [2.05, 4.69) is 22.2 Å². The van der Waals surface area contributed by atoms with Gasteiger partial charge in [-0.3, -0.25) is 0 Å². The van der Waals surface area contributed by atoms with E-state index < -0.39 is 0 Å². The summed E-state index contributed by atoms with van der Waals surface area (Å²) >= 11 is 6.14. The van der Waals surface area contributed by atoms with Crippen LogP contribution in [0.2, 0.25) is 5.02 Å². The van der Waals surface area contributed by atoms with Crippen molar-refractivity contribution in [2.75, 3.05) is 6.54 Å². The first-order chi connectivity index (χ1) is 8.24. The van der Waals surface area contributed by atoms with E-state index in [1.54, 1.807) is 0 Å². The highest BCUT2D eigenvalue weighted by molar-refractivity contribution is 6.34. The molecular weight excluding hydrogens is 234 g/mol. The molecular formula is C13H16ClN3. The molecule has 1 aliphatic heterocycles. The van der Waals surface area contributed by atoms with Crippen LogP contribution in [0.1, 0.15) is 31.6 Å². The van der Waals surface area contributed by atoms with Crippen molar-refractivity contribution in [1.29, 1.82) is 0 Å². The number of aromatic amines is 1. The lowest BCUT2D eigenvalue weighted by molar-refractivity contribution is 0.317. The van der Waals surface area contributed by atoms with Crippen LogP contribution in [-0.4, -0.2) is 16.5 Å². The van der Waals surface area contributed by atoms with Crippen LogP contribution in [0.4, 0.5) is 0 Å². The zero-order valence-corrected chi connectivity index (χ0v) is 10.6. The second-order valence-electron chi connectivity index (χ2n) is 4.89. The van der Waals surface area contributed by atoms with Crippen LogP contribution in [-0.2, 0) is 0 Å². The maximum atomic E-state index is 6.14. The first-order valence-electron chi connectivity index (χ1n) is 6.11. The fourth-order valence-corrected chi connectivity index (χ4v) is 2.71. The van der Waals surface area contributed by atoms with E-state index in [1.807, 2.05) is 18.2 Å². The van der Waals surface area contributed by atoms with Gasteiger partial charge in [0.25, 0.3) is 0 Å². The predicted octanol–water partition coefficient (Wildman–Crippen LogP) is 3.28. The molecule has 1 aromatic heterocycles. The van der Waals surface area contributed by atoms with Crippen LogP contribution < -0.4 is 5.32 Å². The van der Waals surface area contributed by atoms with Crippen LogP contribution in [0, 0.1) is 5.92 Å². The average Bonchev–Trinajstić information content (AvgIpc) is 2.74. The maximum Gasteiger partial charge on any atom is 0.124 e. The highest BCUT2D eigenvalue weighted by Crippen LogP contribution is 2.28. The molecule has 0 bridgehead atoms. The molecule has 3 nitrogen and oxygen atoms in total. The van der Waals surface area contributed by atoms with Crippen molar-refractivity contribution in [3.05, 3.63) is 29.0 Å². The number of aromatic nitrogens is 2. The van der Waals surface area contributed by atoms with Gasteiger partial charge < -0.3 is 10.3 Å². The van der Waals surface area contributed by atoms with Crippen molar-refractivity contribution in [3.8, 4) is 0 Å². The number of benzene rings is 1. The number of rotatable bonds is 1. The number of nitrogens with one attached hydrogen (secondary N) is 2. The summed E-state index contributed by atoms with van der Waals surface area (Å²) in [5, 5.41) is 4.23. The minimum absolute atomic E-state index is 0.335. The lowest BCUT2D eigenvalue weighted by Crippen LogP contribution is -2.31. The van der Waals surface area contributed by atoms with E-state index in [9.17, 15) is 0 Å². The van der Waals surface area contributed by atoms with Crippen LogP contribution in [0.15, 0.2) is 18.2 Å². The van der Waals surface area contributed by atoms with Gasteiger partial charge >= 0.3 is 0 Å². The number of imidazole rings is 1. The Bertz CT molecular complexity index is 534. The zero-order valence-electron chi connectivity index (χ0n) is 9.83. The molecule has 2 atom stereocenters. The van der Waals surface area contributed by atoms with E-state index in [-0.39, 0.29) is 0 Å². The lowest BCUT2D eigenvalue weighted by Gasteiger charge is -2.26. The molecule has 2 aromatic rings. The molecule has 2 N–H and O–H groups in total. The van der Waals surface area contributed by atoms with Crippen molar-refractivity contribution >= 4 is 22.6 Å². The standard InChI is InChI=1S/C13H16ClN3/c1-8-5-6-15-11(7-8)13-16-10-4-2-3-9(14)12(10)17-13/h2-4,8,11,15H,5-7H2,1H3,(H,16,17). The number of nitrogens with zero attached hydrogens (tertiary/aromatic N) is 1. The van der Waals surface area contributed by atoms with Gasteiger partial charge in [-0.2, -0.15) is 0 Å². The van der Waals surface area contributed by atoms with E-state index in [1.165, 1.54) is 6.42 Å². The predicted molar refractivity (Wildman–Crippen MR) is 70.2 cm³/mol. The van der Waals surface area contributed by atoms with Crippen molar-refractivity contribution in [1.82, 2.24) is 15.3 Å². The SMILES string of the molecule is CC1CCNC(c2nc3c(Cl)cccc3[nH]2)C1. The van der Waals surface area contributed by atoms with E-state index in [4.69, 9.17) is 11.6 Å². The summed E-state index contributed by atoms with van der Waals surface area (Å²) in [6.45, 7) is 3.36. The molecule has 1 aromatic carbocycles. The van der Waals surface area contributed by atoms with Gasteiger partial charge in [0.05, 0.1) is 16.6 Å². The normalized spacial score (nSPS) is 25.3. The molecule has 0 spiro atoms. The summed E-state index contributed by atoms with van der Waals surface area (Å²) in [4.78, 5) is 7.99. The van der Waals surface area contributed by atoms with Gasteiger partial charge in [-0.05, 0) is 37.4 Å². The van der Waals surface area contributed by atoms with Gasteiger partial charge in [0.2, 0.25) is 0 Å². The average molecular weight is 250 g/mol. The van der Waals surface area contributed by atoms with Crippen molar-refractivity contribution < 1.29 is 0 Å². The number of H-pyrrole nitrogens is 1. The Hall–Kier alpha value is -1.06. The monoisotopic (exact) mass is 249 g/mol. The number of hydrogen-bond acceptors (Lipinski definition) is 2. The number of piperidine rings is 1. The third kappa shape index (κ3) is 2.05. The van der Waals surface area contributed by atoms with Gasteiger partial charge in [-0.1, -0.05) is 24.6 Å². The van der Waals surface area contributed by atoms with Gasteiger partial charge in [-0.25, -0.2) is 4.98 Å². The summed E-state index contributed by atoms with van der Waals surface area (Å²) in [6.07, 6.45) is 2.38. The molecule has 17 heavy (non-hydrogen) atoms. The van der Waals surface area contributed by atoms with Gasteiger partial charge in [0.15, 0.2) is 0 Å². The molecule has 0 saturated carbocycles. The quantitative estimate of drug-likeness (QED) is 0.814. The Morgan fingerprint density at radius 3 is 3.06 bits per heavy atom. The first kappa shape index (κ1) is 11.1. The largest absolute Gasteiger partial charge is 0.341 e. The van der Waals surface area contributed by atoms with Gasteiger partial charge in [0, 0.05) is 0 Å². The number of hydrogen-bond donors (Lipinski definition) is 2. The Morgan fingerprint density at radius 2 is 2.29 bits per heavy atom. The Labute approximate surface area is 106 Å². The number of para-hydroxylation sites is 1. The third-order valence-corrected chi connectivity index (χ3v) is 3.78. The molecule has 1 fully saturated rings. The molecule has 1 aliphatic rings. The van der Waals surface area contributed by atoms with Gasteiger partial charge in [-0.15, -0.1) is 0 Å². The van der Waals surface area contributed by atoms with Crippen LogP contribution >= 0.6 is 11.6 Å².